The zero-order valence-electron chi connectivity index (χ0n) is 13.0. The van der Waals surface area contributed by atoms with Crippen LogP contribution in [0.4, 0.5) is 5.69 Å². The zero-order chi connectivity index (χ0) is 17.4. The zero-order valence-corrected chi connectivity index (χ0v) is 13.0. The second kappa shape index (κ2) is 5.76. The maximum atomic E-state index is 12.6. The fourth-order valence-electron chi connectivity index (χ4n) is 2.94. The van der Waals surface area contributed by atoms with Crippen LogP contribution in [0, 0.1) is 10.1 Å². The van der Waals surface area contributed by atoms with Crippen molar-refractivity contribution in [1.29, 1.82) is 0 Å². The highest BCUT2D eigenvalue weighted by atomic mass is 16.6. The third-order valence-electron chi connectivity index (χ3n) is 4.13. The van der Waals surface area contributed by atoms with Crippen molar-refractivity contribution in [1.82, 2.24) is 4.68 Å². The molecule has 4 rings (SSSR count). The number of amides is 1. The van der Waals surface area contributed by atoms with Crippen LogP contribution in [0.5, 0.6) is 0 Å². The van der Waals surface area contributed by atoms with Gasteiger partial charge in [-0.05, 0) is 24.3 Å². The molecule has 25 heavy (non-hydrogen) atoms. The summed E-state index contributed by atoms with van der Waals surface area (Å²) in [6, 6.07) is 21.2. The first-order valence-corrected chi connectivity index (χ1v) is 7.69. The molecule has 1 amide bonds. The monoisotopic (exact) mass is 331 g/mol. The van der Waals surface area contributed by atoms with Crippen molar-refractivity contribution in [2.45, 2.75) is 0 Å². The average molecular weight is 331 g/mol. The lowest BCUT2D eigenvalue weighted by atomic mass is 10.2. The van der Waals surface area contributed by atoms with Gasteiger partial charge in [0.05, 0.1) is 16.0 Å². The molecule has 1 heterocycles. The topological polar surface area (TPSA) is 77.2 Å². The van der Waals surface area contributed by atoms with E-state index < -0.39 is 4.92 Å². The maximum absolute atomic E-state index is 12.6. The van der Waals surface area contributed by atoms with Crippen LogP contribution < -0.4 is 5.43 Å². The van der Waals surface area contributed by atoms with Crippen LogP contribution in [0.2, 0.25) is 0 Å². The molecule has 0 aliphatic heterocycles. The van der Waals surface area contributed by atoms with Gasteiger partial charge in [0.15, 0.2) is 0 Å². The minimum Gasteiger partial charge on any atom is -0.267 e. The SMILES string of the molecule is O=C(Nn1c2ccccc2c2ccccc21)c1ccc([N+](=O)[O-])cc1. The number of nitrogens with one attached hydrogen (secondary N) is 1. The molecular formula is C19H13N3O3. The molecule has 0 radical (unpaired) electrons. The molecule has 3 aromatic carbocycles. The Morgan fingerprint density at radius 3 is 1.88 bits per heavy atom. The number of aromatic nitrogens is 1. The molecule has 0 unspecified atom stereocenters. The smallest absolute Gasteiger partial charge is 0.267 e. The number of benzene rings is 3. The number of fused-ring (bicyclic) bond motifs is 3. The molecule has 0 saturated heterocycles. The quantitative estimate of drug-likeness (QED) is 0.454. The Morgan fingerprint density at radius 1 is 0.840 bits per heavy atom. The first-order chi connectivity index (χ1) is 12.1. The molecule has 122 valence electrons. The predicted octanol–water partition coefficient (Wildman–Crippen LogP) is 4.09. The number of hydrogen-bond acceptors (Lipinski definition) is 3. The standard InChI is InChI=1S/C19H13N3O3/c23-19(13-9-11-14(12-10-13)22(24)25)20-21-17-7-3-1-5-15(17)16-6-2-4-8-18(16)21/h1-12H,(H,20,23). The summed E-state index contributed by atoms with van der Waals surface area (Å²) in [5.41, 5.74) is 4.96. The second-order valence-electron chi connectivity index (χ2n) is 5.61. The first kappa shape index (κ1) is 14.9. The highest BCUT2D eigenvalue weighted by molar-refractivity contribution is 6.10. The van der Waals surface area contributed by atoms with Crippen LogP contribution in [0.1, 0.15) is 10.4 Å². The van der Waals surface area contributed by atoms with E-state index in [1.807, 2.05) is 48.5 Å². The molecule has 0 saturated carbocycles. The third-order valence-corrected chi connectivity index (χ3v) is 4.13. The average Bonchev–Trinajstić information content (AvgIpc) is 2.96. The summed E-state index contributed by atoms with van der Waals surface area (Å²) < 4.78 is 1.74. The largest absolute Gasteiger partial charge is 0.270 e. The summed E-state index contributed by atoms with van der Waals surface area (Å²) in [5, 5.41) is 12.8. The highest BCUT2D eigenvalue weighted by Gasteiger charge is 2.14. The highest BCUT2D eigenvalue weighted by Crippen LogP contribution is 2.27. The van der Waals surface area contributed by atoms with Crippen molar-refractivity contribution in [3.8, 4) is 0 Å². The molecule has 4 aromatic rings. The Morgan fingerprint density at radius 2 is 1.36 bits per heavy atom. The van der Waals surface area contributed by atoms with Crippen molar-refractivity contribution in [3.63, 3.8) is 0 Å². The van der Waals surface area contributed by atoms with E-state index >= 15 is 0 Å². The minimum atomic E-state index is -0.491. The number of nitro groups is 1. The summed E-state index contributed by atoms with van der Waals surface area (Å²) in [7, 11) is 0. The van der Waals surface area contributed by atoms with E-state index in [4.69, 9.17) is 0 Å². The molecule has 6 nitrogen and oxygen atoms in total. The number of nitrogens with zero attached hydrogens (tertiary/aromatic N) is 2. The van der Waals surface area contributed by atoms with E-state index in [1.54, 1.807) is 4.68 Å². The molecule has 6 heteroatoms. The lowest BCUT2D eigenvalue weighted by Gasteiger charge is -2.09. The third kappa shape index (κ3) is 2.49. The number of para-hydroxylation sites is 2. The van der Waals surface area contributed by atoms with Gasteiger partial charge in [-0.1, -0.05) is 36.4 Å². The lowest BCUT2D eigenvalue weighted by Crippen LogP contribution is -2.22. The Bertz CT molecular complexity index is 1060. The second-order valence-corrected chi connectivity index (χ2v) is 5.61. The van der Waals surface area contributed by atoms with Crippen molar-refractivity contribution in [2.75, 3.05) is 5.43 Å². The van der Waals surface area contributed by atoms with E-state index in [9.17, 15) is 14.9 Å². The number of hydrogen-bond donors (Lipinski definition) is 1. The van der Waals surface area contributed by atoms with Crippen molar-refractivity contribution in [3.05, 3.63) is 88.5 Å². The lowest BCUT2D eigenvalue weighted by molar-refractivity contribution is -0.384. The van der Waals surface area contributed by atoms with Crippen molar-refractivity contribution >= 4 is 33.4 Å². The van der Waals surface area contributed by atoms with Gasteiger partial charge < -0.3 is 0 Å². The molecule has 0 spiro atoms. The van der Waals surface area contributed by atoms with Crippen LogP contribution >= 0.6 is 0 Å². The van der Waals surface area contributed by atoms with E-state index in [2.05, 4.69) is 5.43 Å². The van der Waals surface area contributed by atoms with Crippen LogP contribution in [0.3, 0.4) is 0 Å². The van der Waals surface area contributed by atoms with Gasteiger partial charge >= 0.3 is 0 Å². The van der Waals surface area contributed by atoms with Crippen LogP contribution in [-0.2, 0) is 0 Å². The van der Waals surface area contributed by atoms with Crippen LogP contribution in [-0.4, -0.2) is 15.5 Å². The van der Waals surface area contributed by atoms with Gasteiger partial charge in [-0.3, -0.25) is 25.0 Å². The van der Waals surface area contributed by atoms with Gasteiger partial charge in [-0.2, -0.15) is 0 Å². The number of non-ortho nitro benzene ring substituents is 1. The van der Waals surface area contributed by atoms with Gasteiger partial charge in [0.1, 0.15) is 0 Å². The number of carbonyl (C=O) groups excluding carboxylic acids is 1. The molecular weight excluding hydrogens is 318 g/mol. The molecule has 0 bridgehead atoms. The fraction of sp³-hybridized carbons (Fsp3) is 0. The van der Waals surface area contributed by atoms with Crippen molar-refractivity contribution in [2.24, 2.45) is 0 Å². The summed E-state index contributed by atoms with van der Waals surface area (Å²) in [4.78, 5) is 22.8. The summed E-state index contributed by atoms with van der Waals surface area (Å²) >= 11 is 0. The normalized spacial score (nSPS) is 10.9. The Hall–Kier alpha value is -3.67. The summed E-state index contributed by atoms with van der Waals surface area (Å²) in [6.45, 7) is 0. The van der Waals surface area contributed by atoms with E-state index in [-0.39, 0.29) is 11.6 Å². The number of rotatable bonds is 3. The molecule has 1 N–H and O–H groups in total. The van der Waals surface area contributed by atoms with Crippen LogP contribution in [0.25, 0.3) is 21.8 Å². The van der Waals surface area contributed by atoms with Gasteiger partial charge in [0.25, 0.3) is 11.6 Å². The molecule has 1 aromatic heterocycles. The van der Waals surface area contributed by atoms with Gasteiger partial charge in [-0.15, -0.1) is 0 Å². The summed E-state index contributed by atoms with van der Waals surface area (Å²) in [5.74, 6) is -0.332. The Labute approximate surface area is 142 Å². The number of carbonyl (C=O) groups is 1. The first-order valence-electron chi connectivity index (χ1n) is 7.69. The molecule has 0 fully saturated rings. The Kier molecular flexibility index (Phi) is 3.43. The van der Waals surface area contributed by atoms with Crippen LogP contribution in [0.15, 0.2) is 72.8 Å². The fourth-order valence-corrected chi connectivity index (χ4v) is 2.94. The van der Waals surface area contributed by atoms with E-state index in [1.165, 1.54) is 24.3 Å². The van der Waals surface area contributed by atoms with Crippen molar-refractivity contribution < 1.29 is 9.72 Å². The van der Waals surface area contributed by atoms with E-state index in [0.717, 1.165) is 21.8 Å². The van der Waals surface area contributed by atoms with Gasteiger partial charge in [0.2, 0.25) is 0 Å². The minimum absolute atomic E-state index is 0.0478. The Balaban J connectivity index is 1.77. The molecule has 0 atom stereocenters. The van der Waals surface area contributed by atoms with Gasteiger partial charge in [-0.25, -0.2) is 0 Å². The maximum Gasteiger partial charge on any atom is 0.270 e. The van der Waals surface area contributed by atoms with E-state index in [0.29, 0.717) is 5.56 Å². The van der Waals surface area contributed by atoms with Gasteiger partial charge in [0, 0.05) is 28.5 Å². The summed E-state index contributed by atoms with van der Waals surface area (Å²) in [6.07, 6.45) is 0. The number of nitro benzene ring substituents is 1. The predicted molar refractivity (Wildman–Crippen MR) is 96.2 cm³/mol. The molecule has 0 aliphatic carbocycles. The molecule has 0 aliphatic rings.